The van der Waals surface area contributed by atoms with E-state index in [0.717, 1.165) is 25.5 Å². The Balaban J connectivity index is 2.36. The van der Waals surface area contributed by atoms with Crippen molar-refractivity contribution in [2.75, 3.05) is 12.3 Å². The summed E-state index contributed by atoms with van der Waals surface area (Å²) in [5, 5.41) is 10.7. The number of unbranched alkanes of at least 4 members (excludes halogenated alkanes) is 5. The maximum Gasteiger partial charge on any atom is 0.349 e. The molecule has 1 aromatic rings. The van der Waals surface area contributed by atoms with Gasteiger partial charge in [0.15, 0.2) is 0 Å². The van der Waals surface area contributed by atoms with Gasteiger partial charge in [-0.2, -0.15) is 4.98 Å². The van der Waals surface area contributed by atoms with E-state index in [-0.39, 0.29) is 17.5 Å². The van der Waals surface area contributed by atoms with E-state index < -0.39 is 4.92 Å². The number of anilines is 1. The van der Waals surface area contributed by atoms with Crippen molar-refractivity contribution in [3.05, 3.63) is 16.3 Å². The zero-order valence-corrected chi connectivity index (χ0v) is 11.2. The van der Waals surface area contributed by atoms with Crippen molar-refractivity contribution >= 4 is 11.6 Å². The highest BCUT2D eigenvalue weighted by molar-refractivity contribution is 5.41. The molecule has 1 aromatic heterocycles. The Morgan fingerprint density at radius 2 is 2.00 bits per heavy atom. The van der Waals surface area contributed by atoms with Crippen LogP contribution in [0.4, 0.5) is 11.6 Å². The smallest absolute Gasteiger partial charge is 0.349 e. The Labute approximate surface area is 112 Å². The highest BCUT2D eigenvalue weighted by atomic mass is 16.6. The molecule has 0 fully saturated rings. The van der Waals surface area contributed by atoms with Gasteiger partial charge in [0.05, 0.1) is 11.5 Å². The van der Waals surface area contributed by atoms with E-state index in [1.165, 1.54) is 19.3 Å². The Bertz CT molecular complexity index is 412. The van der Waals surface area contributed by atoms with E-state index in [4.69, 9.17) is 10.5 Å². The van der Waals surface area contributed by atoms with Gasteiger partial charge in [0.2, 0.25) is 5.95 Å². The standard InChI is InChI=1S/C12H20N4O3/c1-2-3-4-5-6-7-8-19-11-10(16(17)18)9-14-12(13)15-11/h9H,2-8H2,1H3,(H2,13,14,15). The topological polar surface area (TPSA) is 104 Å². The van der Waals surface area contributed by atoms with Gasteiger partial charge in [0, 0.05) is 0 Å². The first-order valence-electron chi connectivity index (χ1n) is 6.55. The minimum absolute atomic E-state index is 0.0245. The van der Waals surface area contributed by atoms with Gasteiger partial charge in [0.25, 0.3) is 5.88 Å². The fourth-order valence-corrected chi connectivity index (χ4v) is 1.66. The van der Waals surface area contributed by atoms with E-state index in [9.17, 15) is 10.1 Å². The average Bonchev–Trinajstić information content (AvgIpc) is 2.37. The lowest BCUT2D eigenvalue weighted by molar-refractivity contribution is -0.386. The Kier molecular flexibility index (Phi) is 6.56. The second-order valence-corrected chi connectivity index (χ2v) is 4.29. The summed E-state index contributed by atoms with van der Waals surface area (Å²) >= 11 is 0. The van der Waals surface area contributed by atoms with Crippen molar-refractivity contribution < 1.29 is 9.66 Å². The maximum atomic E-state index is 10.7. The van der Waals surface area contributed by atoms with E-state index in [0.29, 0.717) is 6.61 Å². The monoisotopic (exact) mass is 268 g/mol. The molecule has 0 unspecified atom stereocenters. The third-order valence-corrected chi connectivity index (χ3v) is 2.69. The van der Waals surface area contributed by atoms with Crippen molar-refractivity contribution in [1.29, 1.82) is 0 Å². The molecule has 0 aliphatic rings. The number of aromatic nitrogens is 2. The molecule has 0 amide bonds. The lowest BCUT2D eigenvalue weighted by Gasteiger charge is -2.05. The summed E-state index contributed by atoms with van der Waals surface area (Å²) in [5.74, 6) is -0.0744. The van der Waals surface area contributed by atoms with Gasteiger partial charge in [0.1, 0.15) is 6.20 Å². The molecule has 106 valence electrons. The molecule has 0 aromatic carbocycles. The SMILES string of the molecule is CCCCCCCCOc1nc(N)ncc1[N+](=O)[O-]. The summed E-state index contributed by atoms with van der Waals surface area (Å²) in [7, 11) is 0. The van der Waals surface area contributed by atoms with Crippen LogP contribution in [0.25, 0.3) is 0 Å². The molecule has 0 saturated carbocycles. The predicted octanol–water partition coefficient (Wildman–Crippen LogP) is 2.71. The Morgan fingerprint density at radius 3 is 2.68 bits per heavy atom. The molecular weight excluding hydrogens is 248 g/mol. The first kappa shape index (κ1) is 15.1. The van der Waals surface area contributed by atoms with Gasteiger partial charge < -0.3 is 10.5 Å². The van der Waals surface area contributed by atoms with Crippen molar-refractivity contribution in [2.45, 2.75) is 45.4 Å². The van der Waals surface area contributed by atoms with E-state index in [1.54, 1.807) is 0 Å². The van der Waals surface area contributed by atoms with Crippen LogP contribution in [-0.4, -0.2) is 21.5 Å². The molecule has 0 aliphatic heterocycles. The van der Waals surface area contributed by atoms with Crippen LogP contribution >= 0.6 is 0 Å². The van der Waals surface area contributed by atoms with Crippen LogP contribution in [0, 0.1) is 10.1 Å². The zero-order chi connectivity index (χ0) is 14.1. The minimum Gasteiger partial charge on any atom is -0.473 e. The molecule has 0 spiro atoms. The molecule has 0 bridgehead atoms. The fraction of sp³-hybridized carbons (Fsp3) is 0.667. The third kappa shape index (κ3) is 5.50. The van der Waals surface area contributed by atoms with Crippen LogP contribution in [0.3, 0.4) is 0 Å². The normalized spacial score (nSPS) is 10.4. The third-order valence-electron chi connectivity index (χ3n) is 2.69. The van der Waals surface area contributed by atoms with Crippen LogP contribution in [0.1, 0.15) is 45.4 Å². The summed E-state index contributed by atoms with van der Waals surface area (Å²) in [4.78, 5) is 17.5. The Morgan fingerprint density at radius 1 is 1.32 bits per heavy atom. The van der Waals surface area contributed by atoms with E-state index >= 15 is 0 Å². The molecule has 19 heavy (non-hydrogen) atoms. The lowest BCUT2D eigenvalue weighted by Crippen LogP contribution is -2.05. The van der Waals surface area contributed by atoms with Crippen LogP contribution in [0.2, 0.25) is 0 Å². The number of hydrogen-bond acceptors (Lipinski definition) is 6. The molecule has 2 N–H and O–H groups in total. The van der Waals surface area contributed by atoms with Crippen molar-refractivity contribution in [3.63, 3.8) is 0 Å². The van der Waals surface area contributed by atoms with Crippen molar-refractivity contribution in [2.24, 2.45) is 0 Å². The summed E-state index contributed by atoms with van der Waals surface area (Å²) in [6, 6.07) is 0. The number of nitrogen functional groups attached to an aromatic ring is 1. The first-order valence-corrected chi connectivity index (χ1v) is 6.55. The zero-order valence-electron chi connectivity index (χ0n) is 11.2. The number of nitro groups is 1. The van der Waals surface area contributed by atoms with E-state index in [2.05, 4.69) is 16.9 Å². The average molecular weight is 268 g/mol. The summed E-state index contributed by atoms with van der Waals surface area (Å²) in [6.45, 7) is 2.57. The molecule has 0 atom stereocenters. The minimum atomic E-state index is -0.573. The van der Waals surface area contributed by atoms with Crippen LogP contribution in [-0.2, 0) is 0 Å². The molecule has 7 heteroatoms. The lowest BCUT2D eigenvalue weighted by atomic mass is 10.1. The predicted molar refractivity (Wildman–Crippen MR) is 72.0 cm³/mol. The van der Waals surface area contributed by atoms with Crippen LogP contribution in [0.15, 0.2) is 6.20 Å². The van der Waals surface area contributed by atoms with Crippen molar-refractivity contribution in [1.82, 2.24) is 9.97 Å². The first-order chi connectivity index (χ1) is 9.15. The fourth-order valence-electron chi connectivity index (χ4n) is 1.66. The molecule has 0 aliphatic carbocycles. The maximum absolute atomic E-state index is 10.7. The van der Waals surface area contributed by atoms with Crippen molar-refractivity contribution in [3.8, 4) is 5.88 Å². The summed E-state index contributed by atoms with van der Waals surface area (Å²) < 4.78 is 5.31. The van der Waals surface area contributed by atoms with Gasteiger partial charge in [-0.3, -0.25) is 10.1 Å². The quantitative estimate of drug-likeness (QED) is 0.419. The van der Waals surface area contributed by atoms with E-state index in [1.807, 2.05) is 0 Å². The number of ether oxygens (including phenoxy) is 1. The molecule has 1 heterocycles. The molecular formula is C12H20N4O3. The highest BCUT2D eigenvalue weighted by Gasteiger charge is 2.17. The number of nitrogens with two attached hydrogens (primary N) is 1. The van der Waals surface area contributed by atoms with Gasteiger partial charge in [-0.1, -0.05) is 39.0 Å². The number of hydrogen-bond donors (Lipinski definition) is 1. The Hall–Kier alpha value is -1.92. The van der Waals surface area contributed by atoms with Gasteiger partial charge in [-0.05, 0) is 6.42 Å². The van der Waals surface area contributed by atoms with Gasteiger partial charge in [-0.25, -0.2) is 4.98 Å². The van der Waals surface area contributed by atoms with Crippen LogP contribution < -0.4 is 10.5 Å². The van der Waals surface area contributed by atoms with Gasteiger partial charge >= 0.3 is 5.69 Å². The molecule has 0 saturated heterocycles. The molecule has 0 radical (unpaired) electrons. The summed E-state index contributed by atoms with van der Waals surface area (Å²) in [6.07, 6.45) is 7.80. The number of rotatable bonds is 9. The molecule has 7 nitrogen and oxygen atoms in total. The second kappa shape index (κ2) is 8.23. The second-order valence-electron chi connectivity index (χ2n) is 4.29. The largest absolute Gasteiger partial charge is 0.473 e. The summed E-state index contributed by atoms with van der Waals surface area (Å²) in [5.41, 5.74) is 5.14. The molecule has 1 rings (SSSR count). The highest BCUT2D eigenvalue weighted by Crippen LogP contribution is 2.23. The van der Waals surface area contributed by atoms with Gasteiger partial charge in [-0.15, -0.1) is 0 Å². The van der Waals surface area contributed by atoms with Crippen LogP contribution in [0.5, 0.6) is 5.88 Å². The number of nitrogens with zero attached hydrogens (tertiary/aromatic N) is 3.